The molecule has 0 spiro atoms. The first-order valence-corrected chi connectivity index (χ1v) is 7.36. The average molecular weight is 317 g/mol. The number of carbonyl (C=O) groups excluding carboxylic acids is 1. The Kier molecular flexibility index (Phi) is 5.27. The van der Waals surface area contributed by atoms with Crippen molar-refractivity contribution >= 4 is 29.1 Å². The largest absolute Gasteiger partial charge is 0.386 e. The molecule has 2 unspecified atom stereocenters. The predicted octanol–water partition coefficient (Wildman–Crippen LogP) is 2.00. The van der Waals surface area contributed by atoms with Crippen LogP contribution in [0.2, 0.25) is 10.0 Å². The molecule has 1 aliphatic rings. The minimum atomic E-state index is -0.910. The van der Waals surface area contributed by atoms with Crippen LogP contribution in [0.15, 0.2) is 18.2 Å². The molecule has 20 heavy (non-hydrogen) atoms. The van der Waals surface area contributed by atoms with Gasteiger partial charge in [-0.1, -0.05) is 36.2 Å². The summed E-state index contributed by atoms with van der Waals surface area (Å²) >= 11 is 12.0. The molecule has 1 aromatic carbocycles. The third-order valence-corrected chi connectivity index (χ3v) is 4.40. The number of hydrogen-bond donors (Lipinski definition) is 3. The summed E-state index contributed by atoms with van der Waals surface area (Å²) in [5.41, 5.74) is 0.453. The standard InChI is InChI=1S/C14H18Cl2N2O2/c1-8(9-5-17-6-9)14(20)18-7-12(19)13-10(15)3-2-4-11(13)16/h2-4,8-9,12,17,19H,5-7H2,1H3,(H,18,20). The Morgan fingerprint density at radius 2 is 2.05 bits per heavy atom. The fourth-order valence-electron chi connectivity index (χ4n) is 2.17. The minimum absolute atomic E-state index is 0.0567. The number of nitrogens with one attached hydrogen (secondary N) is 2. The van der Waals surface area contributed by atoms with Gasteiger partial charge < -0.3 is 15.7 Å². The zero-order valence-electron chi connectivity index (χ0n) is 11.2. The van der Waals surface area contributed by atoms with E-state index in [1.807, 2.05) is 6.92 Å². The molecule has 2 rings (SSSR count). The highest BCUT2D eigenvalue weighted by molar-refractivity contribution is 6.36. The van der Waals surface area contributed by atoms with Gasteiger partial charge >= 0.3 is 0 Å². The van der Waals surface area contributed by atoms with Gasteiger partial charge in [-0.05, 0) is 31.1 Å². The maximum absolute atomic E-state index is 12.0. The molecule has 1 saturated heterocycles. The lowest BCUT2D eigenvalue weighted by Gasteiger charge is -2.32. The maximum atomic E-state index is 12.0. The molecule has 1 fully saturated rings. The second kappa shape index (κ2) is 6.76. The third-order valence-electron chi connectivity index (χ3n) is 3.74. The normalized spacial score (nSPS) is 18.2. The lowest BCUT2D eigenvalue weighted by atomic mass is 9.88. The molecule has 0 aliphatic carbocycles. The zero-order valence-corrected chi connectivity index (χ0v) is 12.7. The number of rotatable bonds is 5. The van der Waals surface area contributed by atoms with E-state index >= 15 is 0 Å². The summed E-state index contributed by atoms with van der Waals surface area (Å²) in [6.07, 6.45) is -0.910. The molecule has 0 bridgehead atoms. The first-order valence-electron chi connectivity index (χ1n) is 6.61. The van der Waals surface area contributed by atoms with Crippen molar-refractivity contribution in [2.24, 2.45) is 11.8 Å². The van der Waals surface area contributed by atoms with E-state index in [0.717, 1.165) is 13.1 Å². The number of carbonyl (C=O) groups is 1. The summed E-state index contributed by atoms with van der Waals surface area (Å²) in [5, 5.41) is 16.8. The van der Waals surface area contributed by atoms with Crippen LogP contribution < -0.4 is 10.6 Å². The summed E-state index contributed by atoms with van der Waals surface area (Å²) < 4.78 is 0. The van der Waals surface area contributed by atoms with E-state index in [0.29, 0.717) is 21.5 Å². The fraction of sp³-hybridized carbons (Fsp3) is 0.500. The van der Waals surface area contributed by atoms with Gasteiger partial charge in [-0.3, -0.25) is 4.79 Å². The monoisotopic (exact) mass is 316 g/mol. The molecular weight excluding hydrogens is 299 g/mol. The van der Waals surface area contributed by atoms with Crippen LogP contribution in [0.3, 0.4) is 0 Å². The fourth-order valence-corrected chi connectivity index (χ4v) is 2.82. The van der Waals surface area contributed by atoms with E-state index in [-0.39, 0.29) is 18.4 Å². The topological polar surface area (TPSA) is 61.4 Å². The van der Waals surface area contributed by atoms with Gasteiger partial charge in [0, 0.05) is 28.1 Å². The van der Waals surface area contributed by atoms with Crippen molar-refractivity contribution in [3.05, 3.63) is 33.8 Å². The summed E-state index contributed by atoms with van der Waals surface area (Å²) in [5.74, 6) is 0.250. The maximum Gasteiger partial charge on any atom is 0.223 e. The number of aliphatic hydroxyl groups excluding tert-OH is 1. The van der Waals surface area contributed by atoms with Crippen molar-refractivity contribution in [1.82, 2.24) is 10.6 Å². The third kappa shape index (κ3) is 3.44. The molecular formula is C14H18Cl2N2O2. The predicted molar refractivity (Wildman–Crippen MR) is 80.0 cm³/mol. The van der Waals surface area contributed by atoms with Crippen LogP contribution in [-0.2, 0) is 4.79 Å². The first kappa shape index (κ1) is 15.6. The molecule has 2 atom stereocenters. The Balaban J connectivity index is 1.91. The Morgan fingerprint density at radius 3 is 2.55 bits per heavy atom. The van der Waals surface area contributed by atoms with Gasteiger partial charge in [0.25, 0.3) is 0 Å². The van der Waals surface area contributed by atoms with E-state index < -0.39 is 6.10 Å². The summed E-state index contributed by atoms with van der Waals surface area (Å²) in [6, 6.07) is 5.04. The molecule has 1 aliphatic heterocycles. The number of amides is 1. The summed E-state index contributed by atoms with van der Waals surface area (Å²) in [7, 11) is 0. The van der Waals surface area contributed by atoms with E-state index in [1.165, 1.54) is 0 Å². The first-order chi connectivity index (χ1) is 9.50. The van der Waals surface area contributed by atoms with Gasteiger partial charge in [0.2, 0.25) is 5.91 Å². The Hall–Kier alpha value is -0.810. The SMILES string of the molecule is CC(C(=O)NCC(O)c1c(Cl)cccc1Cl)C1CNC1. The average Bonchev–Trinajstić information content (AvgIpc) is 2.33. The van der Waals surface area contributed by atoms with Gasteiger partial charge in [0.1, 0.15) is 0 Å². The highest BCUT2D eigenvalue weighted by atomic mass is 35.5. The van der Waals surface area contributed by atoms with Crippen LogP contribution in [0.5, 0.6) is 0 Å². The van der Waals surface area contributed by atoms with E-state index in [2.05, 4.69) is 10.6 Å². The molecule has 1 aromatic rings. The highest BCUT2D eigenvalue weighted by Gasteiger charge is 2.29. The minimum Gasteiger partial charge on any atom is -0.386 e. The molecule has 4 nitrogen and oxygen atoms in total. The Labute approximate surface area is 128 Å². The zero-order chi connectivity index (χ0) is 14.7. The van der Waals surface area contributed by atoms with Crippen molar-refractivity contribution in [3.8, 4) is 0 Å². The number of halogens is 2. The van der Waals surface area contributed by atoms with Crippen LogP contribution in [0.25, 0.3) is 0 Å². The van der Waals surface area contributed by atoms with Gasteiger partial charge in [-0.15, -0.1) is 0 Å². The van der Waals surface area contributed by atoms with E-state index in [4.69, 9.17) is 23.2 Å². The van der Waals surface area contributed by atoms with Crippen molar-refractivity contribution < 1.29 is 9.90 Å². The van der Waals surface area contributed by atoms with Gasteiger partial charge in [-0.25, -0.2) is 0 Å². The number of aliphatic hydroxyl groups is 1. The Morgan fingerprint density at radius 1 is 1.45 bits per heavy atom. The number of benzene rings is 1. The van der Waals surface area contributed by atoms with E-state index in [9.17, 15) is 9.90 Å². The summed E-state index contributed by atoms with van der Waals surface area (Å²) in [6.45, 7) is 3.74. The van der Waals surface area contributed by atoms with Crippen LogP contribution in [0.4, 0.5) is 0 Å². The second-order valence-corrected chi connectivity index (χ2v) is 5.92. The van der Waals surface area contributed by atoms with E-state index in [1.54, 1.807) is 18.2 Å². The van der Waals surface area contributed by atoms with Gasteiger partial charge in [-0.2, -0.15) is 0 Å². The molecule has 1 heterocycles. The molecule has 6 heteroatoms. The lowest BCUT2D eigenvalue weighted by Crippen LogP contribution is -2.50. The Bertz CT molecular complexity index is 472. The molecule has 1 amide bonds. The van der Waals surface area contributed by atoms with Crippen LogP contribution in [0.1, 0.15) is 18.6 Å². The van der Waals surface area contributed by atoms with Crippen molar-refractivity contribution in [3.63, 3.8) is 0 Å². The van der Waals surface area contributed by atoms with Crippen LogP contribution in [-0.4, -0.2) is 30.6 Å². The molecule has 3 N–H and O–H groups in total. The molecule has 0 aromatic heterocycles. The van der Waals surface area contributed by atoms with Crippen molar-refractivity contribution in [2.45, 2.75) is 13.0 Å². The molecule has 110 valence electrons. The quantitative estimate of drug-likeness (QED) is 0.778. The second-order valence-electron chi connectivity index (χ2n) is 5.10. The van der Waals surface area contributed by atoms with Crippen LogP contribution in [0, 0.1) is 11.8 Å². The number of hydrogen-bond acceptors (Lipinski definition) is 3. The van der Waals surface area contributed by atoms with Gasteiger partial charge in [0.15, 0.2) is 0 Å². The lowest BCUT2D eigenvalue weighted by molar-refractivity contribution is -0.127. The molecule has 0 saturated carbocycles. The smallest absolute Gasteiger partial charge is 0.223 e. The van der Waals surface area contributed by atoms with Crippen molar-refractivity contribution in [2.75, 3.05) is 19.6 Å². The van der Waals surface area contributed by atoms with Crippen LogP contribution >= 0.6 is 23.2 Å². The van der Waals surface area contributed by atoms with Crippen molar-refractivity contribution in [1.29, 1.82) is 0 Å². The van der Waals surface area contributed by atoms with Gasteiger partial charge in [0.05, 0.1) is 6.10 Å². The summed E-state index contributed by atoms with van der Waals surface area (Å²) in [4.78, 5) is 12.0. The molecule has 0 radical (unpaired) electrons. The highest BCUT2D eigenvalue weighted by Crippen LogP contribution is 2.29.